The lowest BCUT2D eigenvalue weighted by atomic mass is 10.2. The third kappa shape index (κ3) is 5.22. The number of nitrogens with one attached hydrogen (secondary N) is 2. The van der Waals surface area contributed by atoms with E-state index in [4.69, 9.17) is 16.3 Å². The summed E-state index contributed by atoms with van der Waals surface area (Å²) < 4.78 is 5.16. The number of nitrogens with zero attached hydrogens (tertiary/aromatic N) is 1. The van der Waals surface area contributed by atoms with Crippen LogP contribution in [0.25, 0.3) is 0 Å². The average molecular weight is 376 g/mol. The lowest BCUT2D eigenvalue weighted by molar-refractivity contribution is -0.115. The van der Waals surface area contributed by atoms with Crippen LogP contribution in [0.2, 0.25) is 5.02 Å². The van der Waals surface area contributed by atoms with Gasteiger partial charge in [0.2, 0.25) is 5.91 Å². The monoisotopic (exact) mass is 375 g/mol. The summed E-state index contributed by atoms with van der Waals surface area (Å²) in [6.07, 6.45) is -0.0279. The SMILES string of the molecule is COc1ccccc1NC(=O)CC(C)=NNC(=O)c1cc(Cl)ccc1O. The number of para-hydroxylation sites is 2. The van der Waals surface area contributed by atoms with Crippen molar-refractivity contribution in [3.8, 4) is 11.5 Å². The van der Waals surface area contributed by atoms with Gasteiger partial charge in [-0.1, -0.05) is 23.7 Å². The maximum atomic E-state index is 12.1. The van der Waals surface area contributed by atoms with Crippen molar-refractivity contribution in [3.05, 3.63) is 53.1 Å². The number of hydrazone groups is 1. The summed E-state index contributed by atoms with van der Waals surface area (Å²) in [5, 5.41) is 16.6. The van der Waals surface area contributed by atoms with Crippen LogP contribution in [0, 0.1) is 0 Å². The van der Waals surface area contributed by atoms with E-state index in [1.807, 2.05) is 0 Å². The zero-order valence-electron chi connectivity index (χ0n) is 14.2. The maximum absolute atomic E-state index is 12.1. The number of rotatable bonds is 6. The smallest absolute Gasteiger partial charge is 0.275 e. The Morgan fingerprint density at radius 1 is 1.23 bits per heavy atom. The molecule has 2 aromatic rings. The van der Waals surface area contributed by atoms with Gasteiger partial charge in [0.25, 0.3) is 5.91 Å². The summed E-state index contributed by atoms with van der Waals surface area (Å²) in [5.74, 6) is -0.612. The van der Waals surface area contributed by atoms with Crippen molar-refractivity contribution in [2.45, 2.75) is 13.3 Å². The van der Waals surface area contributed by atoms with Crippen LogP contribution in [0.3, 0.4) is 0 Å². The number of hydrogen-bond donors (Lipinski definition) is 3. The number of amides is 2. The fourth-order valence-electron chi connectivity index (χ4n) is 2.11. The molecule has 0 fully saturated rings. The van der Waals surface area contributed by atoms with Gasteiger partial charge in [0, 0.05) is 10.7 Å². The van der Waals surface area contributed by atoms with Crippen LogP contribution in [0.5, 0.6) is 11.5 Å². The van der Waals surface area contributed by atoms with E-state index in [0.29, 0.717) is 22.2 Å². The van der Waals surface area contributed by atoms with Crippen LogP contribution < -0.4 is 15.5 Å². The van der Waals surface area contributed by atoms with Crippen LogP contribution in [0.1, 0.15) is 23.7 Å². The van der Waals surface area contributed by atoms with Gasteiger partial charge in [0.15, 0.2) is 0 Å². The van der Waals surface area contributed by atoms with Crippen molar-refractivity contribution in [1.29, 1.82) is 0 Å². The predicted octanol–water partition coefficient (Wildman–Crippen LogP) is 3.19. The fourth-order valence-corrected chi connectivity index (χ4v) is 2.28. The number of phenolic OH excluding ortho intramolecular Hbond substituents is 1. The number of anilines is 1. The second-order valence-electron chi connectivity index (χ2n) is 5.37. The minimum absolute atomic E-state index is 0.00692. The number of halogens is 1. The van der Waals surface area contributed by atoms with Crippen molar-refractivity contribution in [2.75, 3.05) is 12.4 Å². The van der Waals surface area contributed by atoms with Gasteiger partial charge in [-0.3, -0.25) is 9.59 Å². The normalized spacial score (nSPS) is 11.0. The van der Waals surface area contributed by atoms with Crippen molar-refractivity contribution in [1.82, 2.24) is 5.43 Å². The summed E-state index contributed by atoms with van der Waals surface area (Å²) in [5.41, 5.74) is 3.20. The van der Waals surface area contributed by atoms with Crippen molar-refractivity contribution < 1.29 is 19.4 Å². The molecule has 2 rings (SSSR count). The second-order valence-corrected chi connectivity index (χ2v) is 5.81. The van der Waals surface area contributed by atoms with Gasteiger partial charge in [-0.15, -0.1) is 0 Å². The van der Waals surface area contributed by atoms with Gasteiger partial charge < -0.3 is 15.2 Å². The van der Waals surface area contributed by atoms with E-state index in [9.17, 15) is 14.7 Å². The zero-order valence-corrected chi connectivity index (χ0v) is 15.0. The summed E-state index contributed by atoms with van der Waals surface area (Å²) >= 11 is 5.80. The largest absolute Gasteiger partial charge is 0.507 e. The molecule has 0 saturated heterocycles. The van der Waals surface area contributed by atoms with E-state index in [0.717, 1.165) is 0 Å². The fraction of sp³-hybridized carbons (Fsp3) is 0.167. The highest BCUT2D eigenvalue weighted by Gasteiger charge is 2.12. The molecule has 0 spiro atoms. The molecule has 7 nitrogen and oxygen atoms in total. The van der Waals surface area contributed by atoms with E-state index < -0.39 is 5.91 Å². The van der Waals surface area contributed by atoms with E-state index in [1.165, 1.54) is 25.3 Å². The molecule has 0 unspecified atom stereocenters. The van der Waals surface area contributed by atoms with E-state index in [-0.39, 0.29) is 23.6 Å². The number of phenols is 1. The molecule has 0 radical (unpaired) electrons. The molecule has 3 N–H and O–H groups in total. The molecule has 0 aliphatic carbocycles. The van der Waals surface area contributed by atoms with E-state index in [2.05, 4.69) is 15.8 Å². The summed E-state index contributed by atoms with van der Waals surface area (Å²) in [6.45, 7) is 1.60. The Bertz CT molecular complexity index is 852. The Morgan fingerprint density at radius 3 is 2.69 bits per heavy atom. The molecule has 2 amide bonds. The molecule has 0 saturated carbocycles. The van der Waals surface area contributed by atoms with E-state index in [1.54, 1.807) is 31.2 Å². The van der Waals surface area contributed by atoms with Gasteiger partial charge in [-0.25, -0.2) is 5.43 Å². The Labute approximate surface area is 155 Å². The minimum atomic E-state index is -0.630. The molecule has 136 valence electrons. The number of hydrogen-bond acceptors (Lipinski definition) is 5. The Hall–Kier alpha value is -3.06. The molecular formula is C18H18ClN3O4. The van der Waals surface area contributed by atoms with Crippen LogP contribution >= 0.6 is 11.6 Å². The first-order valence-electron chi connectivity index (χ1n) is 7.65. The lowest BCUT2D eigenvalue weighted by Crippen LogP contribution is -2.21. The number of carbonyl (C=O) groups is 2. The molecule has 0 atom stereocenters. The lowest BCUT2D eigenvalue weighted by Gasteiger charge is -2.09. The van der Waals surface area contributed by atoms with E-state index >= 15 is 0 Å². The topological polar surface area (TPSA) is 100 Å². The summed E-state index contributed by atoms with van der Waals surface area (Å²) in [7, 11) is 1.51. The van der Waals surface area contributed by atoms with Gasteiger partial charge in [0.1, 0.15) is 11.5 Å². The number of carbonyl (C=O) groups excluding carboxylic acids is 2. The Balaban J connectivity index is 1.96. The quantitative estimate of drug-likeness (QED) is 0.533. The minimum Gasteiger partial charge on any atom is -0.507 e. The standard InChI is InChI=1S/C18H18ClN3O4/c1-11(9-17(24)20-14-5-3-4-6-16(14)26-2)21-22-18(25)13-10-12(19)7-8-15(13)23/h3-8,10,23H,9H2,1-2H3,(H,20,24)(H,22,25). The first-order valence-corrected chi connectivity index (χ1v) is 8.03. The number of methoxy groups -OCH3 is 1. The summed E-state index contributed by atoms with van der Waals surface area (Å²) in [4.78, 5) is 24.1. The molecule has 0 aliphatic heterocycles. The molecule has 8 heteroatoms. The van der Waals surface area contributed by atoms with Crippen LogP contribution in [0.4, 0.5) is 5.69 Å². The van der Waals surface area contributed by atoms with Crippen LogP contribution in [-0.4, -0.2) is 29.7 Å². The molecule has 0 heterocycles. The van der Waals surface area contributed by atoms with Crippen molar-refractivity contribution >= 4 is 34.8 Å². The van der Waals surface area contributed by atoms with Crippen molar-refractivity contribution in [3.63, 3.8) is 0 Å². The van der Waals surface area contributed by atoms with Crippen LogP contribution in [0.15, 0.2) is 47.6 Å². The average Bonchev–Trinajstić information content (AvgIpc) is 2.62. The molecular weight excluding hydrogens is 358 g/mol. The first kappa shape index (κ1) is 19.3. The highest BCUT2D eigenvalue weighted by molar-refractivity contribution is 6.31. The molecule has 2 aromatic carbocycles. The zero-order chi connectivity index (χ0) is 19.1. The summed E-state index contributed by atoms with van der Waals surface area (Å²) in [6, 6.07) is 11.1. The second kappa shape index (κ2) is 8.87. The highest BCUT2D eigenvalue weighted by atomic mass is 35.5. The maximum Gasteiger partial charge on any atom is 0.275 e. The molecule has 0 aliphatic rings. The third-order valence-corrected chi connectivity index (χ3v) is 3.58. The van der Waals surface area contributed by atoms with Crippen molar-refractivity contribution in [2.24, 2.45) is 5.10 Å². The highest BCUT2D eigenvalue weighted by Crippen LogP contribution is 2.23. The number of benzene rings is 2. The molecule has 0 bridgehead atoms. The molecule has 0 aromatic heterocycles. The van der Waals surface area contributed by atoms with Gasteiger partial charge in [-0.05, 0) is 37.3 Å². The third-order valence-electron chi connectivity index (χ3n) is 3.35. The van der Waals surface area contributed by atoms with Gasteiger partial charge in [0.05, 0.1) is 24.8 Å². The number of aromatic hydroxyl groups is 1. The first-order chi connectivity index (χ1) is 12.4. The van der Waals surface area contributed by atoms with Gasteiger partial charge >= 0.3 is 0 Å². The Kier molecular flexibility index (Phi) is 6.57. The van der Waals surface area contributed by atoms with Crippen LogP contribution in [-0.2, 0) is 4.79 Å². The molecule has 26 heavy (non-hydrogen) atoms. The Morgan fingerprint density at radius 2 is 1.96 bits per heavy atom. The number of ether oxygens (including phenoxy) is 1. The van der Waals surface area contributed by atoms with Gasteiger partial charge in [-0.2, -0.15) is 5.10 Å². The predicted molar refractivity (Wildman–Crippen MR) is 99.9 cm³/mol.